The normalized spacial score (nSPS) is 11.2. The van der Waals surface area contributed by atoms with E-state index < -0.39 is 0 Å². The second kappa shape index (κ2) is 8.69. The van der Waals surface area contributed by atoms with Gasteiger partial charge in [0.15, 0.2) is 11.5 Å². The Labute approximate surface area is 175 Å². The number of aromatic amines is 1. The van der Waals surface area contributed by atoms with Crippen molar-refractivity contribution in [3.05, 3.63) is 82.9 Å². The Morgan fingerprint density at radius 3 is 2.70 bits per heavy atom. The Hall–Kier alpha value is -3.80. The van der Waals surface area contributed by atoms with E-state index in [2.05, 4.69) is 45.6 Å². The van der Waals surface area contributed by atoms with E-state index in [1.807, 2.05) is 49.4 Å². The van der Waals surface area contributed by atoms with Crippen LogP contribution in [0.15, 0.2) is 65.8 Å². The molecule has 0 aliphatic heterocycles. The standard InChI is InChI=1S/C24H24N4O2/c1-16-6-4-7-18(12-16)15-30-23-19(8-5-9-22(23)29-3)14-25-28-24-26-20-11-10-17(2)13-21(20)27-24/h4-14H,15H2,1-3H3,(H2,26,27,28)/b25-14-. The number of H-pyrrole nitrogens is 1. The third-order valence-corrected chi connectivity index (χ3v) is 4.71. The summed E-state index contributed by atoms with van der Waals surface area (Å²) in [5, 5.41) is 4.33. The molecular formula is C24H24N4O2. The number of ether oxygens (including phenoxy) is 2. The van der Waals surface area contributed by atoms with Crippen molar-refractivity contribution >= 4 is 23.2 Å². The molecule has 4 rings (SSSR count). The molecule has 0 unspecified atom stereocenters. The zero-order valence-electron chi connectivity index (χ0n) is 17.3. The molecular weight excluding hydrogens is 376 g/mol. The number of aryl methyl sites for hydroxylation is 2. The van der Waals surface area contributed by atoms with Crippen molar-refractivity contribution in [2.45, 2.75) is 20.5 Å². The average molecular weight is 400 g/mol. The fourth-order valence-corrected chi connectivity index (χ4v) is 3.25. The smallest absolute Gasteiger partial charge is 0.222 e. The molecule has 30 heavy (non-hydrogen) atoms. The number of imidazole rings is 1. The zero-order valence-corrected chi connectivity index (χ0v) is 17.3. The van der Waals surface area contributed by atoms with Gasteiger partial charge >= 0.3 is 0 Å². The van der Waals surface area contributed by atoms with Crippen molar-refractivity contribution in [3.8, 4) is 11.5 Å². The lowest BCUT2D eigenvalue weighted by atomic mass is 10.1. The first-order chi connectivity index (χ1) is 14.6. The molecule has 0 bridgehead atoms. The minimum absolute atomic E-state index is 0.444. The van der Waals surface area contributed by atoms with Crippen LogP contribution < -0.4 is 14.9 Å². The van der Waals surface area contributed by atoms with Crippen molar-refractivity contribution in [1.29, 1.82) is 0 Å². The van der Waals surface area contributed by atoms with E-state index in [9.17, 15) is 0 Å². The molecule has 0 fully saturated rings. The summed E-state index contributed by atoms with van der Waals surface area (Å²) in [6, 6.07) is 20.0. The molecule has 6 heteroatoms. The summed E-state index contributed by atoms with van der Waals surface area (Å²) in [5.74, 6) is 1.88. The maximum atomic E-state index is 6.10. The van der Waals surface area contributed by atoms with Gasteiger partial charge in [0, 0.05) is 5.56 Å². The molecule has 6 nitrogen and oxygen atoms in total. The summed E-state index contributed by atoms with van der Waals surface area (Å²) >= 11 is 0. The second-order valence-corrected chi connectivity index (χ2v) is 7.13. The maximum absolute atomic E-state index is 6.10. The number of benzene rings is 3. The van der Waals surface area contributed by atoms with Crippen LogP contribution in [-0.2, 0) is 6.61 Å². The fraction of sp³-hybridized carbons (Fsp3) is 0.167. The molecule has 1 heterocycles. The van der Waals surface area contributed by atoms with E-state index in [-0.39, 0.29) is 0 Å². The van der Waals surface area contributed by atoms with Crippen molar-refractivity contribution in [2.75, 3.05) is 12.5 Å². The van der Waals surface area contributed by atoms with E-state index >= 15 is 0 Å². The first kappa shape index (κ1) is 19.5. The Balaban J connectivity index is 1.52. The maximum Gasteiger partial charge on any atom is 0.222 e. The lowest BCUT2D eigenvalue weighted by Crippen LogP contribution is -2.02. The molecule has 4 aromatic rings. The van der Waals surface area contributed by atoms with Crippen LogP contribution in [0.25, 0.3) is 11.0 Å². The molecule has 3 aromatic carbocycles. The summed E-state index contributed by atoms with van der Waals surface area (Å²) in [4.78, 5) is 7.71. The number of hydrogen-bond acceptors (Lipinski definition) is 5. The molecule has 0 aliphatic carbocycles. The first-order valence-electron chi connectivity index (χ1n) is 9.73. The highest BCUT2D eigenvalue weighted by atomic mass is 16.5. The quantitative estimate of drug-likeness (QED) is 0.330. The minimum Gasteiger partial charge on any atom is -0.493 e. The summed E-state index contributed by atoms with van der Waals surface area (Å²) in [5.41, 5.74) is 9.09. The number of para-hydroxylation sites is 1. The van der Waals surface area contributed by atoms with Crippen LogP contribution in [0.1, 0.15) is 22.3 Å². The van der Waals surface area contributed by atoms with E-state index in [0.29, 0.717) is 24.1 Å². The zero-order chi connectivity index (χ0) is 20.9. The molecule has 0 radical (unpaired) electrons. The van der Waals surface area contributed by atoms with Gasteiger partial charge in [0.2, 0.25) is 5.95 Å². The number of nitrogens with one attached hydrogen (secondary N) is 2. The van der Waals surface area contributed by atoms with Crippen molar-refractivity contribution in [2.24, 2.45) is 5.10 Å². The van der Waals surface area contributed by atoms with Crippen LogP contribution in [0.3, 0.4) is 0 Å². The molecule has 0 spiro atoms. The molecule has 0 amide bonds. The Morgan fingerprint density at radius 1 is 1.03 bits per heavy atom. The van der Waals surface area contributed by atoms with Gasteiger partial charge < -0.3 is 14.5 Å². The van der Waals surface area contributed by atoms with E-state index in [1.54, 1.807) is 13.3 Å². The fourth-order valence-electron chi connectivity index (χ4n) is 3.25. The average Bonchev–Trinajstić information content (AvgIpc) is 3.14. The monoisotopic (exact) mass is 400 g/mol. The van der Waals surface area contributed by atoms with E-state index in [4.69, 9.17) is 9.47 Å². The number of anilines is 1. The Morgan fingerprint density at radius 2 is 1.87 bits per heavy atom. The molecule has 1 aromatic heterocycles. The molecule has 0 atom stereocenters. The lowest BCUT2D eigenvalue weighted by molar-refractivity contribution is 0.284. The molecule has 0 saturated heterocycles. The predicted molar refractivity (Wildman–Crippen MR) is 121 cm³/mol. The van der Waals surface area contributed by atoms with Gasteiger partial charge in [-0.2, -0.15) is 5.10 Å². The number of aromatic nitrogens is 2. The topological polar surface area (TPSA) is 71.5 Å². The minimum atomic E-state index is 0.444. The number of hydrogen-bond donors (Lipinski definition) is 2. The van der Waals surface area contributed by atoms with Gasteiger partial charge in [-0.05, 0) is 49.2 Å². The molecule has 152 valence electrons. The molecule has 0 saturated carbocycles. The highest BCUT2D eigenvalue weighted by Crippen LogP contribution is 2.31. The summed E-state index contributed by atoms with van der Waals surface area (Å²) in [6.07, 6.45) is 1.70. The van der Waals surface area contributed by atoms with Crippen LogP contribution in [0.2, 0.25) is 0 Å². The predicted octanol–water partition coefficient (Wildman–Crippen LogP) is 5.21. The number of nitrogens with zero attached hydrogens (tertiary/aromatic N) is 2. The highest BCUT2D eigenvalue weighted by Gasteiger charge is 2.10. The van der Waals surface area contributed by atoms with Crippen LogP contribution in [0, 0.1) is 13.8 Å². The van der Waals surface area contributed by atoms with Gasteiger partial charge in [-0.3, -0.25) is 0 Å². The van der Waals surface area contributed by atoms with Gasteiger partial charge in [-0.15, -0.1) is 0 Å². The third-order valence-electron chi connectivity index (χ3n) is 4.71. The van der Waals surface area contributed by atoms with Crippen LogP contribution in [0.5, 0.6) is 11.5 Å². The summed E-state index contributed by atoms with van der Waals surface area (Å²) in [7, 11) is 1.63. The Bertz CT molecular complexity index is 1200. The molecule has 2 N–H and O–H groups in total. The number of fused-ring (bicyclic) bond motifs is 1. The lowest BCUT2D eigenvalue weighted by Gasteiger charge is -2.13. The van der Waals surface area contributed by atoms with E-state index in [0.717, 1.165) is 22.2 Å². The number of methoxy groups -OCH3 is 1. The van der Waals surface area contributed by atoms with Crippen molar-refractivity contribution in [1.82, 2.24) is 9.97 Å². The van der Waals surface area contributed by atoms with Crippen molar-refractivity contribution < 1.29 is 9.47 Å². The third kappa shape index (κ3) is 4.43. The SMILES string of the molecule is COc1cccc(/C=N\Nc2nc3ccc(C)cc3[nH]2)c1OCc1cccc(C)c1. The van der Waals surface area contributed by atoms with Crippen molar-refractivity contribution in [3.63, 3.8) is 0 Å². The van der Waals surface area contributed by atoms with Gasteiger partial charge in [-0.1, -0.05) is 42.0 Å². The van der Waals surface area contributed by atoms with Gasteiger partial charge in [-0.25, -0.2) is 10.4 Å². The summed E-state index contributed by atoms with van der Waals surface area (Å²) in [6.45, 7) is 4.56. The van der Waals surface area contributed by atoms with Gasteiger partial charge in [0.05, 0.1) is 24.4 Å². The van der Waals surface area contributed by atoms with Gasteiger partial charge in [0.1, 0.15) is 6.61 Å². The van der Waals surface area contributed by atoms with E-state index in [1.165, 1.54) is 11.1 Å². The first-order valence-corrected chi connectivity index (χ1v) is 9.73. The Kier molecular flexibility index (Phi) is 5.66. The number of hydrazone groups is 1. The van der Waals surface area contributed by atoms with Gasteiger partial charge in [0.25, 0.3) is 0 Å². The highest BCUT2D eigenvalue weighted by molar-refractivity contribution is 5.85. The second-order valence-electron chi connectivity index (χ2n) is 7.13. The van der Waals surface area contributed by atoms with Crippen LogP contribution >= 0.6 is 0 Å². The number of rotatable bonds is 7. The summed E-state index contributed by atoms with van der Waals surface area (Å²) < 4.78 is 11.6. The largest absolute Gasteiger partial charge is 0.493 e. The van der Waals surface area contributed by atoms with Crippen LogP contribution in [-0.4, -0.2) is 23.3 Å². The molecule has 0 aliphatic rings. The van der Waals surface area contributed by atoms with Crippen LogP contribution in [0.4, 0.5) is 5.95 Å².